The molecule has 0 atom stereocenters. The number of nitrogens with one attached hydrogen (secondary N) is 1. The third kappa shape index (κ3) is 8.04. The van der Waals surface area contributed by atoms with E-state index in [1.807, 2.05) is 20.2 Å². The molecule has 0 heterocycles. The SMILES string of the molecule is C[NH+](C)CC#N.O=S(=O)([N-]S(=O)(=O)C(F)(F)F)C(F)(F)F. The van der Waals surface area contributed by atoms with E-state index in [9.17, 15) is 43.2 Å². The molecule has 0 aromatic carbocycles. The molecule has 0 aromatic rings. The van der Waals surface area contributed by atoms with Crippen molar-refractivity contribution in [3.05, 3.63) is 4.13 Å². The molecule has 0 aliphatic heterocycles. The molecule has 0 amide bonds. The molecule has 0 fully saturated rings. The summed E-state index contributed by atoms with van der Waals surface area (Å²) in [5.41, 5.74) is -12.4. The van der Waals surface area contributed by atoms with Gasteiger partial charge in [0.05, 0.1) is 14.1 Å². The van der Waals surface area contributed by atoms with E-state index in [0.29, 0.717) is 6.54 Å². The lowest BCUT2D eigenvalue weighted by atomic mass is 10.7. The number of halogens is 6. The van der Waals surface area contributed by atoms with E-state index in [4.69, 9.17) is 5.26 Å². The number of hydrogen-bond acceptors (Lipinski definition) is 5. The smallest absolute Gasteiger partial charge is 0.421 e. The fraction of sp³-hybridized carbons (Fsp3) is 0.833. The van der Waals surface area contributed by atoms with E-state index in [0.717, 1.165) is 4.13 Å². The predicted octanol–water partition coefficient (Wildman–Crippen LogP) is -0.286. The zero-order chi connectivity index (χ0) is 17.7. The summed E-state index contributed by atoms with van der Waals surface area (Å²) in [5.74, 6) is 0. The number of alkyl halides is 6. The molecule has 0 unspecified atom stereocenters. The summed E-state index contributed by atoms with van der Waals surface area (Å²) in [6.07, 6.45) is 0. The summed E-state index contributed by atoms with van der Waals surface area (Å²) >= 11 is 0. The molecule has 15 heteroatoms. The molecule has 0 aliphatic rings. The third-order valence-corrected chi connectivity index (χ3v) is 3.95. The Kier molecular flexibility index (Phi) is 7.65. The van der Waals surface area contributed by atoms with Gasteiger partial charge < -0.3 is 9.03 Å². The average Bonchev–Trinajstić information content (AvgIpc) is 2.12. The van der Waals surface area contributed by atoms with Crippen molar-refractivity contribution in [3.8, 4) is 6.07 Å². The molecule has 21 heavy (non-hydrogen) atoms. The van der Waals surface area contributed by atoms with Gasteiger partial charge in [-0.1, -0.05) is 0 Å². The minimum Gasteiger partial charge on any atom is -0.421 e. The van der Waals surface area contributed by atoms with Crippen molar-refractivity contribution in [1.29, 1.82) is 5.26 Å². The van der Waals surface area contributed by atoms with Gasteiger partial charge in [0.25, 0.3) is 0 Å². The van der Waals surface area contributed by atoms with Crippen LogP contribution in [0.3, 0.4) is 0 Å². The Balaban J connectivity index is 0. The maximum absolute atomic E-state index is 11.4. The number of sulfonamides is 2. The summed E-state index contributed by atoms with van der Waals surface area (Å²) in [4.78, 5) is 1.18. The van der Waals surface area contributed by atoms with Crippen molar-refractivity contribution in [2.24, 2.45) is 0 Å². The Bertz CT molecular complexity index is 529. The Labute approximate surface area is 116 Å². The van der Waals surface area contributed by atoms with Crippen molar-refractivity contribution >= 4 is 20.0 Å². The van der Waals surface area contributed by atoms with Crippen molar-refractivity contribution in [2.75, 3.05) is 20.6 Å². The van der Waals surface area contributed by atoms with Crippen LogP contribution in [0.5, 0.6) is 0 Å². The molecule has 0 aliphatic carbocycles. The first-order valence-corrected chi connectivity index (χ1v) is 7.38. The highest BCUT2D eigenvalue weighted by Gasteiger charge is 2.46. The van der Waals surface area contributed by atoms with Gasteiger partial charge in [-0.05, 0) is 0 Å². The maximum Gasteiger partial charge on any atom is 0.480 e. The van der Waals surface area contributed by atoms with Gasteiger partial charge in [-0.15, -0.1) is 0 Å². The first kappa shape index (κ1) is 22.2. The summed E-state index contributed by atoms with van der Waals surface area (Å²) in [5, 5.41) is 7.97. The van der Waals surface area contributed by atoms with E-state index < -0.39 is 31.1 Å². The fourth-order valence-electron chi connectivity index (χ4n) is 0.372. The first-order valence-electron chi connectivity index (χ1n) is 4.50. The molecule has 0 aromatic heterocycles. The normalized spacial score (nSPS) is 13.3. The van der Waals surface area contributed by atoms with Gasteiger partial charge in [0.2, 0.25) is 0 Å². The zero-order valence-electron chi connectivity index (χ0n) is 10.3. The first-order chi connectivity index (χ1) is 8.98. The molecular formula is C6H9F6N3O4S2. The predicted molar refractivity (Wildman–Crippen MR) is 56.6 cm³/mol. The van der Waals surface area contributed by atoms with Crippen LogP contribution in [-0.2, 0) is 20.0 Å². The van der Waals surface area contributed by atoms with Crippen LogP contribution in [0.2, 0.25) is 0 Å². The summed E-state index contributed by atoms with van der Waals surface area (Å²) in [7, 11) is -9.55. The lowest BCUT2D eigenvalue weighted by molar-refractivity contribution is -0.850. The molecule has 0 radical (unpaired) electrons. The van der Waals surface area contributed by atoms with Crippen LogP contribution >= 0.6 is 0 Å². The van der Waals surface area contributed by atoms with Crippen molar-refractivity contribution in [1.82, 2.24) is 0 Å². The number of quaternary nitrogens is 1. The Morgan fingerprint density at radius 2 is 1.24 bits per heavy atom. The number of rotatable bonds is 3. The summed E-state index contributed by atoms with van der Waals surface area (Å²) in [6.45, 7) is 0.597. The van der Waals surface area contributed by atoms with Crippen molar-refractivity contribution in [2.45, 2.75) is 11.0 Å². The van der Waals surface area contributed by atoms with Crippen molar-refractivity contribution in [3.63, 3.8) is 0 Å². The number of nitrogens with zero attached hydrogens (tertiary/aromatic N) is 2. The van der Waals surface area contributed by atoms with Crippen LogP contribution in [-0.4, -0.2) is 48.5 Å². The maximum atomic E-state index is 11.4. The van der Waals surface area contributed by atoms with Gasteiger partial charge in [-0.3, -0.25) is 0 Å². The van der Waals surface area contributed by atoms with E-state index >= 15 is 0 Å². The van der Waals surface area contributed by atoms with E-state index in [2.05, 4.69) is 0 Å². The van der Waals surface area contributed by atoms with Crippen LogP contribution in [0.25, 0.3) is 4.13 Å². The zero-order valence-corrected chi connectivity index (χ0v) is 12.0. The monoisotopic (exact) mass is 365 g/mol. The Hall–Kier alpha value is -1.11. The topological polar surface area (TPSA) is 111 Å². The molecule has 1 N–H and O–H groups in total. The number of hydrogen-bond donors (Lipinski definition) is 1. The lowest BCUT2D eigenvalue weighted by Crippen LogP contribution is -3.05. The van der Waals surface area contributed by atoms with Crippen molar-refractivity contribution < 1.29 is 48.1 Å². The highest BCUT2D eigenvalue weighted by Crippen LogP contribution is 2.36. The molecule has 0 spiro atoms. The van der Waals surface area contributed by atoms with Crippen LogP contribution in [0, 0.1) is 11.3 Å². The quantitative estimate of drug-likeness (QED) is 0.546. The molecule has 0 saturated heterocycles. The third-order valence-electron chi connectivity index (χ3n) is 1.21. The molecule has 0 saturated carbocycles. The van der Waals surface area contributed by atoms with Gasteiger partial charge in [-0.25, -0.2) is 16.8 Å². The fourth-order valence-corrected chi connectivity index (χ4v) is 2.08. The van der Waals surface area contributed by atoms with Gasteiger partial charge in [0.1, 0.15) is 6.07 Å². The van der Waals surface area contributed by atoms with Crippen LogP contribution in [0.15, 0.2) is 0 Å². The van der Waals surface area contributed by atoms with Gasteiger partial charge in [0.15, 0.2) is 26.6 Å². The largest absolute Gasteiger partial charge is 0.480 e. The summed E-state index contributed by atoms with van der Waals surface area (Å²) < 4.78 is 109. The standard InChI is InChI=1S/C4H8N2.C2F6NO4S2/c1-6(2)4-3-5;3-1(4,5)14(10,11)9-15(12,13)2(6,7)8/h4H2,1-2H3;/q;-1/p+1. The second-order valence-electron chi connectivity index (χ2n) is 3.46. The molecule has 0 bridgehead atoms. The van der Waals surface area contributed by atoms with E-state index in [-0.39, 0.29) is 0 Å². The highest BCUT2D eigenvalue weighted by molar-refractivity contribution is 8.13. The second-order valence-corrected chi connectivity index (χ2v) is 6.88. The minimum absolute atomic E-state index is 0.597. The van der Waals surface area contributed by atoms with Crippen LogP contribution in [0.4, 0.5) is 26.3 Å². The molecule has 7 nitrogen and oxygen atoms in total. The number of nitriles is 1. The second kappa shape index (κ2) is 7.24. The van der Waals surface area contributed by atoms with E-state index in [1.54, 1.807) is 0 Å². The van der Waals surface area contributed by atoms with E-state index in [1.165, 1.54) is 4.90 Å². The molecular weight excluding hydrogens is 356 g/mol. The average molecular weight is 365 g/mol. The molecule has 0 rings (SSSR count). The molecule has 126 valence electrons. The summed E-state index contributed by atoms with van der Waals surface area (Å²) in [6, 6.07) is 2.03. The van der Waals surface area contributed by atoms with Gasteiger partial charge in [0, 0.05) is 0 Å². The van der Waals surface area contributed by atoms with Crippen LogP contribution in [0.1, 0.15) is 0 Å². The van der Waals surface area contributed by atoms with Gasteiger partial charge >= 0.3 is 11.0 Å². The van der Waals surface area contributed by atoms with Gasteiger partial charge in [-0.2, -0.15) is 31.6 Å². The lowest BCUT2D eigenvalue weighted by Gasteiger charge is -2.22. The minimum atomic E-state index is -6.72. The Morgan fingerprint density at radius 1 is 0.952 bits per heavy atom. The van der Waals surface area contributed by atoms with Crippen LogP contribution < -0.4 is 4.90 Å². The Morgan fingerprint density at radius 3 is 1.33 bits per heavy atom. The highest BCUT2D eigenvalue weighted by atomic mass is 32.3.